The maximum Gasteiger partial charge on any atom is 0.170 e. The molecule has 2 heterocycles. The van der Waals surface area contributed by atoms with Gasteiger partial charge in [-0.05, 0) is 40.7 Å². The van der Waals surface area contributed by atoms with E-state index in [0.29, 0.717) is 31.0 Å². The standard InChI is InChI=1S/C16H26FN3O/c1-11-9-20(10-12(2)21-11)15-14(17)13(6-7-18-15)8-19-16(3,4)5/h6-7,11-12,19H,8-10H2,1-5H3/t11-,12+. The fourth-order valence-electron chi connectivity index (χ4n) is 2.54. The van der Waals surface area contributed by atoms with Gasteiger partial charge in [0.1, 0.15) is 0 Å². The minimum atomic E-state index is -0.226. The van der Waals surface area contributed by atoms with Gasteiger partial charge < -0.3 is 15.0 Å². The first-order valence-electron chi connectivity index (χ1n) is 7.55. The van der Waals surface area contributed by atoms with E-state index >= 15 is 0 Å². The van der Waals surface area contributed by atoms with Crippen LogP contribution < -0.4 is 10.2 Å². The van der Waals surface area contributed by atoms with Gasteiger partial charge in [-0.3, -0.25) is 0 Å². The summed E-state index contributed by atoms with van der Waals surface area (Å²) in [6.45, 7) is 12.1. The molecule has 1 aromatic heterocycles. The lowest BCUT2D eigenvalue weighted by atomic mass is 10.1. The summed E-state index contributed by atoms with van der Waals surface area (Å²) in [5.74, 6) is 0.209. The van der Waals surface area contributed by atoms with Crippen molar-refractivity contribution in [2.45, 2.75) is 58.9 Å². The molecule has 5 heteroatoms. The maximum atomic E-state index is 14.7. The zero-order valence-electron chi connectivity index (χ0n) is 13.6. The van der Waals surface area contributed by atoms with Crippen molar-refractivity contribution < 1.29 is 9.13 Å². The summed E-state index contributed by atoms with van der Waals surface area (Å²) in [6.07, 6.45) is 1.86. The van der Waals surface area contributed by atoms with Gasteiger partial charge in [0.05, 0.1) is 12.2 Å². The Kier molecular flexibility index (Phi) is 4.84. The number of morpholine rings is 1. The van der Waals surface area contributed by atoms with Gasteiger partial charge in [0.25, 0.3) is 0 Å². The third kappa shape index (κ3) is 4.38. The van der Waals surface area contributed by atoms with E-state index < -0.39 is 0 Å². The SMILES string of the molecule is C[C@@H]1CN(c2nccc(CNC(C)(C)C)c2F)C[C@H](C)O1. The summed E-state index contributed by atoms with van der Waals surface area (Å²) in [5.41, 5.74) is 0.611. The Hall–Kier alpha value is -1.20. The normalized spacial score (nSPS) is 23.4. The zero-order chi connectivity index (χ0) is 15.6. The monoisotopic (exact) mass is 295 g/mol. The van der Waals surface area contributed by atoms with Gasteiger partial charge in [-0.2, -0.15) is 0 Å². The minimum absolute atomic E-state index is 0.0438. The van der Waals surface area contributed by atoms with E-state index in [-0.39, 0.29) is 23.6 Å². The first kappa shape index (κ1) is 16.2. The molecule has 2 rings (SSSR count). The van der Waals surface area contributed by atoms with Crippen molar-refractivity contribution in [1.82, 2.24) is 10.3 Å². The third-order valence-corrected chi connectivity index (χ3v) is 3.48. The van der Waals surface area contributed by atoms with Gasteiger partial charge in [-0.15, -0.1) is 0 Å². The molecule has 0 spiro atoms. The van der Waals surface area contributed by atoms with E-state index in [1.807, 2.05) is 18.7 Å². The second-order valence-electron chi connectivity index (χ2n) is 6.87. The number of nitrogens with zero attached hydrogens (tertiary/aromatic N) is 2. The Morgan fingerprint density at radius 2 is 1.95 bits per heavy atom. The van der Waals surface area contributed by atoms with Crippen LogP contribution in [-0.4, -0.2) is 35.8 Å². The lowest BCUT2D eigenvalue weighted by Gasteiger charge is -2.36. The minimum Gasteiger partial charge on any atom is -0.372 e. The Balaban J connectivity index is 2.17. The van der Waals surface area contributed by atoms with Crippen molar-refractivity contribution >= 4 is 5.82 Å². The first-order chi connectivity index (χ1) is 9.76. The molecule has 0 radical (unpaired) electrons. The number of hydrogen-bond acceptors (Lipinski definition) is 4. The predicted molar refractivity (Wildman–Crippen MR) is 83.0 cm³/mol. The molecule has 0 aliphatic carbocycles. The average Bonchev–Trinajstić information content (AvgIpc) is 2.35. The molecule has 0 aromatic carbocycles. The van der Waals surface area contributed by atoms with E-state index in [1.165, 1.54) is 0 Å². The molecule has 0 unspecified atom stereocenters. The average molecular weight is 295 g/mol. The van der Waals surface area contributed by atoms with Crippen molar-refractivity contribution in [1.29, 1.82) is 0 Å². The van der Waals surface area contributed by atoms with Crippen LogP contribution >= 0.6 is 0 Å². The molecule has 1 aliphatic heterocycles. The van der Waals surface area contributed by atoms with Crippen LogP contribution in [-0.2, 0) is 11.3 Å². The molecule has 118 valence electrons. The molecule has 0 amide bonds. The van der Waals surface area contributed by atoms with Crippen molar-refractivity contribution in [3.8, 4) is 0 Å². The van der Waals surface area contributed by atoms with Crippen LogP contribution in [0.25, 0.3) is 0 Å². The Labute approximate surface area is 126 Å². The van der Waals surface area contributed by atoms with Gasteiger partial charge in [0, 0.05) is 36.9 Å². The highest BCUT2D eigenvalue weighted by Crippen LogP contribution is 2.23. The predicted octanol–water partition coefficient (Wildman–Crippen LogP) is 2.72. The summed E-state index contributed by atoms with van der Waals surface area (Å²) < 4.78 is 20.4. The zero-order valence-corrected chi connectivity index (χ0v) is 13.6. The van der Waals surface area contributed by atoms with Gasteiger partial charge in [-0.25, -0.2) is 9.37 Å². The Morgan fingerprint density at radius 3 is 2.52 bits per heavy atom. The van der Waals surface area contributed by atoms with E-state index in [4.69, 9.17) is 4.74 Å². The summed E-state index contributed by atoms with van der Waals surface area (Å²) in [5, 5.41) is 3.32. The molecule has 21 heavy (non-hydrogen) atoms. The smallest absolute Gasteiger partial charge is 0.170 e. The van der Waals surface area contributed by atoms with Crippen LogP contribution in [0.5, 0.6) is 0 Å². The molecule has 1 aromatic rings. The van der Waals surface area contributed by atoms with Gasteiger partial charge in [-0.1, -0.05) is 0 Å². The molecule has 1 fully saturated rings. The molecule has 1 N–H and O–H groups in total. The fraction of sp³-hybridized carbons (Fsp3) is 0.688. The quantitative estimate of drug-likeness (QED) is 0.930. The number of anilines is 1. The van der Waals surface area contributed by atoms with Crippen molar-refractivity contribution in [3.05, 3.63) is 23.6 Å². The first-order valence-corrected chi connectivity index (χ1v) is 7.55. The summed E-state index contributed by atoms with van der Waals surface area (Å²) >= 11 is 0. The second-order valence-corrected chi connectivity index (χ2v) is 6.87. The number of nitrogens with one attached hydrogen (secondary N) is 1. The fourth-order valence-corrected chi connectivity index (χ4v) is 2.54. The molecule has 0 saturated carbocycles. The van der Waals surface area contributed by atoms with Crippen LogP contribution in [0, 0.1) is 5.82 Å². The molecule has 4 nitrogen and oxygen atoms in total. The van der Waals surface area contributed by atoms with Crippen LogP contribution in [0.1, 0.15) is 40.2 Å². The van der Waals surface area contributed by atoms with E-state index in [9.17, 15) is 4.39 Å². The van der Waals surface area contributed by atoms with E-state index in [0.717, 1.165) is 0 Å². The number of ether oxygens (including phenoxy) is 1. The summed E-state index contributed by atoms with van der Waals surface area (Å²) in [4.78, 5) is 6.22. The van der Waals surface area contributed by atoms with Crippen LogP contribution in [0.2, 0.25) is 0 Å². The van der Waals surface area contributed by atoms with E-state index in [2.05, 4.69) is 31.1 Å². The van der Waals surface area contributed by atoms with Gasteiger partial charge in [0.2, 0.25) is 0 Å². The number of pyridine rings is 1. The highest BCUT2D eigenvalue weighted by molar-refractivity contribution is 5.44. The molecule has 1 aliphatic rings. The molecular formula is C16H26FN3O. The van der Waals surface area contributed by atoms with E-state index in [1.54, 1.807) is 12.3 Å². The molecular weight excluding hydrogens is 269 g/mol. The molecule has 2 atom stereocenters. The van der Waals surface area contributed by atoms with Gasteiger partial charge in [0.15, 0.2) is 11.6 Å². The van der Waals surface area contributed by atoms with Crippen molar-refractivity contribution in [2.75, 3.05) is 18.0 Å². The highest BCUT2D eigenvalue weighted by Gasteiger charge is 2.26. The maximum absolute atomic E-state index is 14.7. The Morgan fingerprint density at radius 1 is 1.33 bits per heavy atom. The van der Waals surface area contributed by atoms with Gasteiger partial charge >= 0.3 is 0 Å². The van der Waals surface area contributed by atoms with Crippen LogP contribution in [0.4, 0.5) is 10.2 Å². The highest BCUT2D eigenvalue weighted by atomic mass is 19.1. The number of hydrogen-bond donors (Lipinski definition) is 1. The third-order valence-electron chi connectivity index (χ3n) is 3.48. The molecule has 1 saturated heterocycles. The molecule has 0 bridgehead atoms. The lowest BCUT2D eigenvalue weighted by molar-refractivity contribution is -0.00566. The number of aromatic nitrogens is 1. The number of rotatable bonds is 3. The lowest BCUT2D eigenvalue weighted by Crippen LogP contribution is -2.46. The van der Waals surface area contributed by atoms with Crippen LogP contribution in [0.3, 0.4) is 0 Å². The topological polar surface area (TPSA) is 37.4 Å². The largest absolute Gasteiger partial charge is 0.372 e. The Bertz CT molecular complexity index is 477. The number of halogens is 1. The second kappa shape index (κ2) is 6.28. The summed E-state index contributed by atoms with van der Waals surface area (Å²) in [6, 6.07) is 1.74. The van der Waals surface area contributed by atoms with Crippen molar-refractivity contribution in [3.63, 3.8) is 0 Å². The summed E-state index contributed by atoms with van der Waals surface area (Å²) in [7, 11) is 0. The van der Waals surface area contributed by atoms with Crippen molar-refractivity contribution in [2.24, 2.45) is 0 Å². The van der Waals surface area contributed by atoms with Crippen LogP contribution in [0.15, 0.2) is 12.3 Å².